The van der Waals surface area contributed by atoms with Gasteiger partial charge in [-0.3, -0.25) is 4.98 Å². The zero-order chi connectivity index (χ0) is 13.0. The van der Waals surface area contributed by atoms with E-state index < -0.39 is 5.82 Å². The maximum Gasteiger partial charge on any atom is 0.142 e. The van der Waals surface area contributed by atoms with Crippen LogP contribution in [0.5, 0.6) is 0 Å². The highest BCUT2D eigenvalue weighted by Gasteiger charge is 2.12. The molecule has 1 aromatic carbocycles. The molecular weight excluding hydrogens is 251 g/mol. The predicted molar refractivity (Wildman–Crippen MR) is 71.2 cm³/mol. The van der Waals surface area contributed by atoms with E-state index in [4.69, 9.17) is 11.6 Å². The number of hydrogen-bond acceptors (Lipinski definition) is 2. The van der Waals surface area contributed by atoms with E-state index >= 15 is 0 Å². The number of nitrogens with zero attached hydrogens (tertiary/aromatic N) is 1. The predicted octanol–water partition coefficient (Wildman–Crippen LogP) is 3.38. The molecule has 1 N–H and O–H groups in total. The van der Waals surface area contributed by atoms with E-state index in [-0.39, 0.29) is 11.1 Å². The van der Waals surface area contributed by atoms with Gasteiger partial charge < -0.3 is 5.32 Å². The number of pyridine rings is 1. The summed E-state index contributed by atoms with van der Waals surface area (Å²) in [5, 5.41) is 3.31. The van der Waals surface area contributed by atoms with Crippen molar-refractivity contribution in [2.45, 2.75) is 12.5 Å². The van der Waals surface area contributed by atoms with Crippen molar-refractivity contribution in [3.05, 3.63) is 64.7 Å². The molecule has 0 aliphatic heterocycles. The second kappa shape index (κ2) is 5.94. The van der Waals surface area contributed by atoms with Gasteiger partial charge in [0, 0.05) is 24.4 Å². The van der Waals surface area contributed by atoms with Gasteiger partial charge in [-0.1, -0.05) is 23.7 Å². The molecule has 94 valence electrons. The lowest BCUT2D eigenvalue weighted by Crippen LogP contribution is -2.19. The summed E-state index contributed by atoms with van der Waals surface area (Å²) in [4.78, 5) is 4.27. The van der Waals surface area contributed by atoms with E-state index in [1.165, 1.54) is 6.07 Å². The van der Waals surface area contributed by atoms with E-state index in [9.17, 15) is 4.39 Å². The van der Waals surface area contributed by atoms with Crippen LogP contribution in [0.2, 0.25) is 5.02 Å². The topological polar surface area (TPSA) is 24.9 Å². The summed E-state index contributed by atoms with van der Waals surface area (Å²) in [5.74, 6) is -0.393. The molecular formula is C14H14ClFN2. The first-order valence-electron chi connectivity index (χ1n) is 5.73. The van der Waals surface area contributed by atoms with Gasteiger partial charge in [-0.25, -0.2) is 4.39 Å². The van der Waals surface area contributed by atoms with E-state index in [1.54, 1.807) is 12.3 Å². The van der Waals surface area contributed by atoms with Crippen LogP contribution in [0, 0.1) is 5.82 Å². The molecule has 0 saturated heterocycles. The van der Waals surface area contributed by atoms with Crippen LogP contribution >= 0.6 is 11.6 Å². The standard InChI is InChI=1S/C14H14ClFN2/c1-17-14(9-11-4-2-3-7-18-11)10-5-6-12(15)13(16)8-10/h2-8,14,17H,9H2,1H3. The van der Waals surface area contributed by atoms with Gasteiger partial charge in [0.15, 0.2) is 0 Å². The van der Waals surface area contributed by atoms with Crippen molar-refractivity contribution in [3.8, 4) is 0 Å². The summed E-state index contributed by atoms with van der Waals surface area (Å²) in [5.41, 5.74) is 1.83. The minimum absolute atomic E-state index is 0.0201. The van der Waals surface area contributed by atoms with E-state index in [0.29, 0.717) is 6.42 Å². The lowest BCUT2D eigenvalue weighted by atomic mass is 10.0. The highest BCUT2D eigenvalue weighted by molar-refractivity contribution is 6.30. The monoisotopic (exact) mass is 264 g/mol. The molecule has 0 spiro atoms. The number of hydrogen-bond donors (Lipinski definition) is 1. The van der Waals surface area contributed by atoms with Crippen molar-refractivity contribution < 1.29 is 4.39 Å². The molecule has 0 fully saturated rings. The Labute approximate surface area is 111 Å². The fourth-order valence-corrected chi connectivity index (χ4v) is 1.96. The van der Waals surface area contributed by atoms with Crippen molar-refractivity contribution in [2.24, 2.45) is 0 Å². The minimum Gasteiger partial charge on any atom is -0.313 e. The zero-order valence-electron chi connectivity index (χ0n) is 10.0. The van der Waals surface area contributed by atoms with Crippen LogP contribution in [0.3, 0.4) is 0 Å². The molecule has 0 radical (unpaired) electrons. The number of rotatable bonds is 4. The molecule has 4 heteroatoms. The first-order chi connectivity index (χ1) is 8.70. The van der Waals surface area contributed by atoms with Crippen LogP contribution in [0.4, 0.5) is 4.39 Å². The van der Waals surface area contributed by atoms with E-state index in [0.717, 1.165) is 11.3 Å². The third-order valence-electron chi connectivity index (χ3n) is 2.83. The van der Waals surface area contributed by atoms with Crippen molar-refractivity contribution in [2.75, 3.05) is 7.05 Å². The summed E-state index contributed by atoms with van der Waals surface area (Å²) < 4.78 is 13.4. The number of nitrogens with one attached hydrogen (secondary N) is 1. The third kappa shape index (κ3) is 3.06. The molecule has 0 amide bonds. The summed E-state index contributed by atoms with van der Waals surface area (Å²) in [6, 6.07) is 10.7. The number of halogens is 2. The average molecular weight is 265 g/mol. The van der Waals surface area contributed by atoms with Gasteiger partial charge >= 0.3 is 0 Å². The van der Waals surface area contributed by atoms with Crippen LogP contribution in [-0.4, -0.2) is 12.0 Å². The maximum absolute atomic E-state index is 13.4. The fraction of sp³-hybridized carbons (Fsp3) is 0.214. The SMILES string of the molecule is CNC(Cc1ccccn1)c1ccc(Cl)c(F)c1. The van der Waals surface area contributed by atoms with Gasteiger partial charge in [-0.15, -0.1) is 0 Å². The quantitative estimate of drug-likeness (QED) is 0.916. The van der Waals surface area contributed by atoms with Crippen LogP contribution in [0.15, 0.2) is 42.6 Å². The summed E-state index contributed by atoms with van der Waals surface area (Å²) in [7, 11) is 1.85. The van der Waals surface area contributed by atoms with Crippen molar-refractivity contribution in [1.82, 2.24) is 10.3 Å². The molecule has 0 bridgehead atoms. The number of likely N-dealkylation sites (N-methyl/N-ethyl adjacent to an activating group) is 1. The highest BCUT2D eigenvalue weighted by Crippen LogP contribution is 2.22. The Hall–Kier alpha value is -1.45. The molecule has 1 aromatic heterocycles. The minimum atomic E-state index is -0.393. The molecule has 2 rings (SSSR count). The zero-order valence-corrected chi connectivity index (χ0v) is 10.8. The van der Waals surface area contributed by atoms with Crippen LogP contribution < -0.4 is 5.32 Å². The van der Waals surface area contributed by atoms with Gasteiger partial charge in [-0.2, -0.15) is 0 Å². The average Bonchev–Trinajstić information content (AvgIpc) is 2.40. The van der Waals surface area contributed by atoms with E-state index in [1.807, 2.05) is 31.3 Å². The third-order valence-corrected chi connectivity index (χ3v) is 3.14. The second-order valence-electron chi connectivity index (χ2n) is 4.04. The molecule has 0 aliphatic carbocycles. The summed E-state index contributed by atoms with van der Waals surface area (Å²) in [6.07, 6.45) is 2.46. The van der Waals surface area contributed by atoms with Crippen molar-refractivity contribution >= 4 is 11.6 Å². The molecule has 2 nitrogen and oxygen atoms in total. The highest BCUT2D eigenvalue weighted by atomic mass is 35.5. The van der Waals surface area contributed by atoms with Gasteiger partial charge in [-0.05, 0) is 36.9 Å². The Bertz CT molecular complexity index is 516. The van der Waals surface area contributed by atoms with Gasteiger partial charge in [0.1, 0.15) is 5.82 Å². The van der Waals surface area contributed by atoms with Crippen LogP contribution in [0.25, 0.3) is 0 Å². The lowest BCUT2D eigenvalue weighted by Gasteiger charge is -2.16. The van der Waals surface area contributed by atoms with Gasteiger partial charge in [0.2, 0.25) is 0 Å². The molecule has 1 unspecified atom stereocenters. The largest absolute Gasteiger partial charge is 0.313 e. The van der Waals surface area contributed by atoms with Crippen molar-refractivity contribution in [1.29, 1.82) is 0 Å². The number of aromatic nitrogens is 1. The molecule has 1 atom stereocenters. The van der Waals surface area contributed by atoms with Crippen molar-refractivity contribution in [3.63, 3.8) is 0 Å². The first kappa shape index (κ1) is 13.0. The maximum atomic E-state index is 13.4. The summed E-state index contributed by atoms with van der Waals surface area (Å²) >= 11 is 5.68. The second-order valence-corrected chi connectivity index (χ2v) is 4.45. The Balaban J connectivity index is 2.20. The lowest BCUT2D eigenvalue weighted by molar-refractivity contribution is 0.572. The Morgan fingerprint density at radius 2 is 2.17 bits per heavy atom. The Morgan fingerprint density at radius 1 is 1.33 bits per heavy atom. The number of benzene rings is 1. The Kier molecular flexibility index (Phi) is 4.28. The molecule has 18 heavy (non-hydrogen) atoms. The van der Waals surface area contributed by atoms with Crippen LogP contribution in [0.1, 0.15) is 17.3 Å². The van der Waals surface area contributed by atoms with E-state index in [2.05, 4.69) is 10.3 Å². The van der Waals surface area contributed by atoms with Gasteiger partial charge in [0.05, 0.1) is 5.02 Å². The normalized spacial score (nSPS) is 12.4. The molecule has 0 saturated carbocycles. The molecule has 0 aliphatic rings. The smallest absolute Gasteiger partial charge is 0.142 e. The molecule has 2 aromatic rings. The fourth-order valence-electron chi connectivity index (χ4n) is 1.84. The Morgan fingerprint density at radius 3 is 2.78 bits per heavy atom. The summed E-state index contributed by atoms with van der Waals surface area (Å²) in [6.45, 7) is 0. The van der Waals surface area contributed by atoms with Gasteiger partial charge in [0.25, 0.3) is 0 Å². The first-order valence-corrected chi connectivity index (χ1v) is 6.10. The molecule has 1 heterocycles. The van der Waals surface area contributed by atoms with Crippen LogP contribution in [-0.2, 0) is 6.42 Å².